The number of hydrogen-bond acceptors (Lipinski definition) is 8. The van der Waals surface area contributed by atoms with Crippen molar-refractivity contribution in [3.05, 3.63) is 0 Å². The van der Waals surface area contributed by atoms with Crippen LogP contribution in [-0.2, 0) is 19.1 Å². The summed E-state index contributed by atoms with van der Waals surface area (Å²) in [6.45, 7) is 2.10. The number of hydrogen-bond donors (Lipinski definition) is 2. The van der Waals surface area contributed by atoms with E-state index in [1.54, 1.807) is 0 Å². The molecule has 0 aliphatic carbocycles. The van der Waals surface area contributed by atoms with Gasteiger partial charge in [0.15, 0.2) is 5.12 Å². The maximum atomic E-state index is 11.0. The Morgan fingerprint density at radius 3 is 2.69 bits per heavy atom. The van der Waals surface area contributed by atoms with Crippen molar-refractivity contribution in [1.29, 1.82) is 0 Å². The molecule has 0 aromatic rings. The Kier molecular flexibility index (Phi) is 3.80. The third-order valence-corrected chi connectivity index (χ3v) is 3.55. The minimum atomic E-state index is -0.558. The van der Waals surface area contributed by atoms with Gasteiger partial charge in [-0.25, -0.2) is 4.84 Å². The number of fused-ring (bicyclic) bond motifs is 1. The lowest BCUT2D eigenvalue weighted by Gasteiger charge is -2.17. The van der Waals surface area contributed by atoms with E-state index in [4.69, 9.17) is 19.9 Å². The van der Waals surface area contributed by atoms with E-state index in [0.717, 1.165) is 0 Å². The van der Waals surface area contributed by atoms with E-state index in [2.05, 4.69) is 4.84 Å². The van der Waals surface area contributed by atoms with Crippen LogP contribution in [0.25, 0.3) is 0 Å². The largest absolute Gasteiger partial charge is 0.371 e. The Bertz CT molecular complexity index is 275. The average molecular weight is 251 g/mol. The van der Waals surface area contributed by atoms with Gasteiger partial charge in [-0.15, -0.1) is 0 Å². The summed E-state index contributed by atoms with van der Waals surface area (Å²) in [5.41, 5.74) is 0. The molecular weight excluding hydrogens is 238 g/mol. The molecule has 2 aliphatic rings. The van der Waals surface area contributed by atoms with Crippen molar-refractivity contribution in [2.75, 3.05) is 13.2 Å². The lowest BCUT2D eigenvalue weighted by molar-refractivity contribution is -0.507. The van der Waals surface area contributed by atoms with Crippen LogP contribution in [0.5, 0.6) is 0 Å². The highest BCUT2D eigenvalue weighted by Gasteiger charge is 2.49. The molecule has 0 bridgehead atoms. The zero-order chi connectivity index (χ0) is 11.7. The summed E-state index contributed by atoms with van der Waals surface area (Å²) in [7, 11) is 0. The number of carbonyl (C=O) groups excluding carboxylic acids is 1. The first-order valence-electron chi connectivity index (χ1n) is 4.83. The van der Waals surface area contributed by atoms with Crippen molar-refractivity contribution < 1.29 is 29.5 Å². The molecule has 2 heterocycles. The molecule has 2 N–H and O–H groups in total. The van der Waals surface area contributed by atoms with Crippen LogP contribution in [0.3, 0.4) is 0 Å². The van der Waals surface area contributed by atoms with Crippen molar-refractivity contribution in [3.8, 4) is 0 Å². The quantitative estimate of drug-likeness (QED) is 0.667. The summed E-state index contributed by atoms with van der Waals surface area (Å²) in [5.74, 6) is 0. The molecule has 16 heavy (non-hydrogen) atoms. The van der Waals surface area contributed by atoms with Crippen molar-refractivity contribution in [3.63, 3.8) is 0 Å². The van der Waals surface area contributed by atoms with E-state index in [0.29, 0.717) is 6.61 Å². The fourth-order valence-electron chi connectivity index (χ4n) is 1.95. The van der Waals surface area contributed by atoms with Crippen LogP contribution in [0.15, 0.2) is 0 Å². The molecule has 4 atom stereocenters. The van der Waals surface area contributed by atoms with Gasteiger partial charge in [0.25, 0.3) is 0 Å². The second kappa shape index (κ2) is 4.96. The Balaban J connectivity index is 1.92. The number of carbonyl (C=O) groups is 1. The number of thioether (sulfide) groups is 1. The summed E-state index contributed by atoms with van der Waals surface area (Å²) in [6.07, 6.45) is -1.16. The van der Waals surface area contributed by atoms with Gasteiger partial charge in [-0.3, -0.25) is 15.2 Å². The Morgan fingerprint density at radius 2 is 2.06 bits per heavy atom. The first kappa shape index (κ1) is 12.2. The minimum Gasteiger partial charge on any atom is -0.371 e. The number of nitrogens with zero attached hydrogens (tertiary/aromatic N) is 1. The van der Waals surface area contributed by atoms with Crippen LogP contribution in [0.2, 0.25) is 0 Å². The summed E-state index contributed by atoms with van der Waals surface area (Å²) in [5, 5.41) is 16.7. The second-order valence-electron chi connectivity index (χ2n) is 3.64. The predicted molar refractivity (Wildman–Crippen MR) is 51.8 cm³/mol. The second-order valence-corrected chi connectivity index (χ2v) is 5.06. The fraction of sp³-hybridized carbons (Fsp3) is 0.875. The molecule has 2 rings (SSSR count). The van der Waals surface area contributed by atoms with E-state index < -0.39 is 6.10 Å². The minimum absolute atomic E-state index is 0.00756. The van der Waals surface area contributed by atoms with Crippen molar-refractivity contribution in [2.24, 2.45) is 0 Å². The van der Waals surface area contributed by atoms with Crippen molar-refractivity contribution in [2.45, 2.75) is 30.5 Å². The topological polar surface area (TPSA) is 88.5 Å². The SMILES string of the molecule is CC(=O)S[C@@H]1CO[C@H]2[C@@H]1OC[C@H]2ON(O)O. The van der Waals surface area contributed by atoms with Gasteiger partial charge < -0.3 is 9.47 Å². The molecule has 0 spiro atoms. The summed E-state index contributed by atoms with van der Waals surface area (Å²) in [4.78, 5) is 15.7. The van der Waals surface area contributed by atoms with Gasteiger partial charge in [-0.1, -0.05) is 11.8 Å². The molecule has 2 fully saturated rings. The molecule has 92 valence electrons. The molecule has 0 radical (unpaired) electrons. The molecule has 2 saturated heterocycles. The lowest BCUT2D eigenvalue weighted by atomic mass is 10.1. The summed E-state index contributed by atoms with van der Waals surface area (Å²) in [6, 6.07) is 0. The van der Waals surface area contributed by atoms with E-state index in [-0.39, 0.29) is 34.6 Å². The molecule has 0 aromatic carbocycles. The van der Waals surface area contributed by atoms with E-state index >= 15 is 0 Å². The van der Waals surface area contributed by atoms with Crippen molar-refractivity contribution in [1.82, 2.24) is 5.39 Å². The Labute approximate surface area is 96.1 Å². The Morgan fingerprint density at radius 1 is 1.38 bits per heavy atom. The average Bonchev–Trinajstić information content (AvgIpc) is 2.70. The van der Waals surface area contributed by atoms with E-state index in [1.165, 1.54) is 18.7 Å². The van der Waals surface area contributed by atoms with Crippen LogP contribution in [0, 0.1) is 0 Å². The predicted octanol–water partition coefficient (Wildman–Crippen LogP) is -0.187. The van der Waals surface area contributed by atoms with Crippen LogP contribution >= 0.6 is 11.8 Å². The van der Waals surface area contributed by atoms with Gasteiger partial charge in [0.2, 0.25) is 0 Å². The summed E-state index contributed by atoms with van der Waals surface area (Å²) < 4.78 is 10.9. The smallest absolute Gasteiger partial charge is 0.186 e. The standard InChI is InChI=1S/C8H13NO6S/c1-4(10)16-6-3-14-7-5(15-9(11)12)2-13-8(6)7/h5-8,11-12H,2-3H2,1H3/t5-,6-,7-,8-/m1/s1. The first-order valence-corrected chi connectivity index (χ1v) is 5.71. The molecule has 0 aromatic heterocycles. The van der Waals surface area contributed by atoms with Gasteiger partial charge in [0.1, 0.15) is 18.3 Å². The zero-order valence-corrected chi connectivity index (χ0v) is 9.42. The van der Waals surface area contributed by atoms with Crippen LogP contribution in [0.4, 0.5) is 0 Å². The van der Waals surface area contributed by atoms with Crippen LogP contribution in [0.1, 0.15) is 6.92 Å². The van der Waals surface area contributed by atoms with Crippen molar-refractivity contribution >= 4 is 16.9 Å². The van der Waals surface area contributed by atoms with E-state index in [9.17, 15) is 4.79 Å². The molecule has 0 saturated carbocycles. The molecule has 0 unspecified atom stereocenters. The number of ether oxygens (including phenoxy) is 2. The number of rotatable bonds is 3. The summed E-state index contributed by atoms with van der Waals surface area (Å²) >= 11 is 1.18. The third kappa shape index (κ3) is 2.54. The van der Waals surface area contributed by atoms with Gasteiger partial charge in [-0.2, -0.15) is 0 Å². The molecule has 2 aliphatic heterocycles. The molecule has 7 nitrogen and oxygen atoms in total. The first-order chi connectivity index (χ1) is 7.58. The van der Waals surface area contributed by atoms with Crippen LogP contribution < -0.4 is 0 Å². The fourth-order valence-corrected chi connectivity index (χ4v) is 2.90. The highest BCUT2D eigenvalue weighted by molar-refractivity contribution is 8.14. The normalized spacial score (nSPS) is 38.0. The lowest BCUT2D eigenvalue weighted by Crippen LogP contribution is -2.36. The molecule has 0 amide bonds. The monoisotopic (exact) mass is 251 g/mol. The highest BCUT2D eigenvalue weighted by atomic mass is 32.2. The van der Waals surface area contributed by atoms with E-state index in [1.807, 2.05) is 0 Å². The van der Waals surface area contributed by atoms with Gasteiger partial charge >= 0.3 is 0 Å². The third-order valence-electron chi connectivity index (χ3n) is 2.51. The van der Waals surface area contributed by atoms with Crippen LogP contribution in [-0.4, -0.2) is 57.7 Å². The Hall–Kier alpha value is -0.220. The maximum absolute atomic E-state index is 11.0. The zero-order valence-electron chi connectivity index (χ0n) is 8.61. The van der Waals surface area contributed by atoms with Gasteiger partial charge in [0.05, 0.1) is 23.9 Å². The molecular formula is C8H13NO6S. The molecule has 8 heteroatoms. The van der Waals surface area contributed by atoms with Gasteiger partial charge in [-0.05, 0) is 0 Å². The maximum Gasteiger partial charge on any atom is 0.186 e. The van der Waals surface area contributed by atoms with Gasteiger partial charge in [0, 0.05) is 6.92 Å². The highest BCUT2D eigenvalue weighted by Crippen LogP contribution is 2.35.